The Kier molecular flexibility index (Phi) is 6.13. The number of carbonyl (C=O) groups is 1. The first-order chi connectivity index (χ1) is 14.5. The molecule has 2 aromatic carbocycles. The first-order valence-electron chi connectivity index (χ1n) is 9.51. The van der Waals surface area contributed by atoms with E-state index in [4.69, 9.17) is 27.9 Å². The fraction of sp³-hybridized carbons (Fsp3) is 0.238. The minimum atomic E-state index is -0.441. The summed E-state index contributed by atoms with van der Waals surface area (Å²) in [4.78, 5) is 12.5. The van der Waals surface area contributed by atoms with Crippen molar-refractivity contribution in [3.05, 3.63) is 58.6 Å². The number of amides is 2. The third-order valence-electron chi connectivity index (χ3n) is 4.85. The van der Waals surface area contributed by atoms with E-state index in [9.17, 15) is 9.90 Å². The summed E-state index contributed by atoms with van der Waals surface area (Å²) >= 11 is 12.4. The van der Waals surface area contributed by atoms with Crippen molar-refractivity contribution >= 4 is 35.1 Å². The quantitative estimate of drug-likeness (QED) is 0.534. The zero-order chi connectivity index (χ0) is 21.1. The number of hydrogen-bond donors (Lipinski definition) is 3. The summed E-state index contributed by atoms with van der Waals surface area (Å²) in [6.07, 6.45) is 1.48. The highest BCUT2D eigenvalue weighted by molar-refractivity contribution is 6.32. The van der Waals surface area contributed by atoms with E-state index >= 15 is 0 Å². The molecule has 1 aromatic heterocycles. The molecule has 0 saturated carbocycles. The van der Waals surface area contributed by atoms with Gasteiger partial charge in [0.25, 0.3) is 0 Å². The summed E-state index contributed by atoms with van der Waals surface area (Å²) in [5.74, 6) is -0.135. The molecule has 0 spiro atoms. The van der Waals surface area contributed by atoms with Crippen molar-refractivity contribution < 1.29 is 14.6 Å². The van der Waals surface area contributed by atoms with Crippen LogP contribution >= 0.6 is 23.2 Å². The van der Waals surface area contributed by atoms with E-state index in [-0.39, 0.29) is 17.6 Å². The number of benzene rings is 2. The number of nitrogens with zero attached hydrogens (tertiary/aromatic N) is 2. The maximum atomic E-state index is 12.5. The third kappa shape index (κ3) is 4.38. The van der Waals surface area contributed by atoms with Crippen molar-refractivity contribution in [1.29, 1.82) is 0 Å². The minimum Gasteiger partial charge on any atom is -0.503 e. The number of para-hydroxylation sites is 1. The molecule has 156 valence electrons. The normalized spacial score (nSPS) is 14.5. The highest BCUT2D eigenvalue weighted by atomic mass is 35.5. The van der Waals surface area contributed by atoms with Crippen LogP contribution in [0.25, 0.3) is 16.9 Å². The number of carbonyl (C=O) groups excluding carboxylic acids is 1. The lowest BCUT2D eigenvalue weighted by molar-refractivity contribution is 0.0806. The number of hydrogen-bond acceptors (Lipinski definition) is 4. The molecule has 1 fully saturated rings. The topological polar surface area (TPSA) is 88.4 Å². The Balaban J connectivity index is 1.69. The van der Waals surface area contributed by atoms with Gasteiger partial charge >= 0.3 is 6.03 Å². The van der Waals surface area contributed by atoms with Gasteiger partial charge in [-0.15, -0.1) is 5.10 Å². The minimum absolute atomic E-state index is 0.0160. The van der Waals surface area contributed by atoms with E-state index in [1.807, 2.05) is 6.07 Å². The molecule has 1 aliphatic heterocycles. The molecule has 0 radical (unpaired) electrons. The average molecular weight is 447 g/mol. The van der Waals surface area contributed by atoms with Crippen LogP contribution in [0.1, 0.15) is 12.8 Å². The summed E-state index contributed by atoms with van der Waals surface area (Å²) in [5.41, 5.74) is 1.63. The van der Waals surface area contributed by atoms with Crippen molar-refractivity contribution in [3.8, 4) is 22.7 Å². The summed E-state index contributed by atoms with van der Waals surface area (Å²) in [7, 11) is 0. The number of rotatable bonds is 4. The summed E-state index contributed by atoms with van der Waals surface area (Å²) in [6, 6.07) is 13.7. The molecule has 1 aliphatic rings. The van der Waals surface area contributed by atoms with Crippen LogP contribution in [0.3, 0.4) is 0 Å². The lowest BCUT2D eigenvalue weighted by Gasteiger charge is -2.22. The molecule has 9 heteroatoms. The Bertz CT molecular complexity index is 1050. The van der Waals surface area contributed by atoms with Gasteiger partial charge in [-0.3, -0.25) is 5.32 Å². The first kappa shape index (κ1) is 20.5. The summed E-state index contributed by atoms with van der Waals surface area (Å²) in [5, 5.41) is 21.9. The lowest BCUT2D eigenvalue weighted by atomic mass is 10.1. The van der Waals surface area contributed by atoms with Gasteiger partial charge in [-0.05, 0) is 37.1 Å². The maximum absolute atomic E-state index is 12.5. The summed E-state index contributed by atoms with van der Waals surface area (Å²) < 4.78 is 6.81. The molecule has 1 saturated heterocycles. The van der Waals surface area contributed by atoms with E-state index in [0.29, 0.717) is 40.2 Å². The highest BCUT2D eigenvalue weighted by Crippen LogP contribution is 2.39. The van der Waals surface area contributed by atoms with Gasteiger partial charge in [0.05, 0.1) is 10.7 Å². The van der Waals surface area contributed by atoms with Crippen LogP contribution in [0.15, 0.2) is 48.5 Å². The van der Waals surface area contributed by atoms with Crippen LogP contribution < -0.4 is 10.6 Å². The van der Waals surface area contributed by atoms with E-state index < -0.39 is 6.03 Å². The number of nitrogens with one attached hydrogen (secondary N) is 2. The third-order valence-corrected chi connectivity index (χ3v) is 5.42. The smallest absolute Gasteiger partial charge is 0.320 e. The predicted octanol–water partition coefficient (Wildman–Crippen LogP) is 4.85. The predicted molar refractivity (Wildman–Crippen MR) is 117 cm³/mol. The van der Waals surface area contributed by atoms with Crippen LogP contribution in [-0.4, -0.2) is 40.2 Å². The fourth-order valence-electron chi connectivity index (χ4n) is 3.33. The van der Waals surface area contributed by atoms with E-state index in [1.165, 1.54) is 4.68 Å². The Labute approximate surface area is 183 Å². The zero-order valence-corrected chi connectivity index (χ0v) is 17.5. The molecule has 2 heterocycles. The maximum Gasteiger partial charge on any atom is 0.320 e. The molecule has 4 rings (SSSR count). The fourth-order valence-corrected chi connectivity index (χ4v) is 3.67. The van der Waals surface area contributed by atoms with Crippen molar-refractivity contribution in [3.63, 3.8) is 0 Å². The van der Waals surface area contributed by atoms with Gasteiger partial charge in [0, 0.05) is 29.8 Å². The molecule has 3 aromatic rings. The van der Waals surface area contributed by atoms with Gasteiger partial charge in [0.2, 0.25) is 0 Å². The van der Waals surface area contributed by atoms with Crippen molar-refractivity contribution in [1.82, 2.24) is 15.1 Å². The molecule has 0 bridgehead atoms. The number of halogens is 2. The van der Waals surface area contributed by atoms with Gasteiger partial charge in [-0.2, -0.15) is 0 Å². The SMILES string of the molecule is O=C(Nc1nn(-c2ccccc2Cl)c(-c2ccc(Cl)cc2)c1O)NC1CCOCC1. The molecule has 0 unspecified atom stereocenters. The molecule has 2 amide bonds. The molecule has 0 atom stereocenters. The van der Waals surface area contributed by atoms with Gasteiger partial charge in [0.1, 0.15) is 5.69 Å². The van der Waals surface area contributed by atoms with Crippen molar-refractivity contribution in [2.24, 2.45) is 0 Å². The molecule has 3 N–H and O–H groups in total. The monoisotopic (exact) mass is 446 g/mol. The van der Waals surface area contributed by atoms with Crippen LogP contribution in [0.2, 0.25) is 10.0 Å². The molecule has 7 nitrogen and oxygen atoms in total. The van der Waals surface area contributed by atoms with E-state index in [0.717, 1.165) is 12.8 Å². The van der Waals surface area contributed by atoms with Crippen LogP contribution in [-0.2, 0) is 4.74 Å². The molecular weight excluding hydrogens is 427 g/mol. The van der Waals surface area contributed by atoms with Crippen LogP contribution in [0.4, 0.5) is 10.6 Å². The highest BCUT2D eigenvalue weighted by Gasteiger charge is 2.24. The second-order valence-corrected chi connectivity index (χ2v) is 7.74. The largest absolute Gasteiger partial charge is 0.503 e. The molecule has 0 aliphatic carbocycles. The Morgan fingerprint density at radius 2 is 1.80 bits per heavy atom. The van der Waals surface area contributed by atoms with Gasteiger partial charge in [-0.1, -0.05) is 47.5 Å². The molecule has 30 heavy (non-hydrogen) atoms. The Morgan fingerprint density at radius 1 is 1.10 bits per heavy atom. The van der Waals surface area contributed by atoms with E-state index in [2.05, 4.69) is 15.7 Å². The zero-order valence-electron chi connectivity index (χ0n) is 15.9. The van der Waals surface area contributed by atoms with Gasteiger partial charge in [-0.25, -0.2) is 9.48 Å². The number of anilines is 1. The van der Waals surface area contributed by atoms with Crippen molar-refractivity contribution in [2.75, 3.05) is 18.5 Å². The number of ether oxygens (including phenoxy) is 1. The standard InChI is InChI=1S/C21H20Cl2N4O3/c22-14-7-5-13(6-8-14)18-19(28)20(25-21(29)24-15-9-11-30-12-10-15)26-27(18)17-4-2-1-3-16(17)23/h1-8,15,28H,9-12H2,(H2,24,25,26,29). The first-order valence-corrected chi connectivity index (χ1v) is 10.3. The van der Waals surface area contributed by atoms with E-state index in [1.54, 1.807) is 42.5 Å². The van der Waals surface area contributed by atoms with Crippen LogP contribution in [0, 0.1) is 0 Å². The van der Waals surface area contributed by atoms with Gasteiger partial charge in [0.15, 0.2) is 11.6 Å². The molecular formula is C21H20Cl2N4O3. The number of urea groups is 1. The van der Waals surface area contributed by atoms with Crippen LogP contribution in [0.5, 0.6) is 5.75 Å². The summed E-state index contributed by atoms with van der Waals surface area (Å²) in [6.45, 7) is 1.22. The number of aromatic nitrogens is 2. The number of aromatic hydroxyl groups is 1. The average Bonchev–Trinajstić information content (AvgIpc) is 3.05. The lowest BCUT2D eigenvalue weighted by Crippen LogP contribution is -2.41. The van der Waals surface area contributed by atoms with Gasteiger partial charge < -0.3 is 15.2 Å². The van der Waals surface area contributed by atoms with Crippen molar-refractivity contribution in [2.45, 2.75) is 18.9 Å². The second-order valence-electron chi connectivity index (χ2n) is 6.90. The Hall–Kier alpha value is -2.74. The Morgan fingerprint density at radius 3 is 2.50 bits per heavy atom. The second kappa shape index (κ2) is 8.95.